The Bertz CT molecular complexity index is 634. The van der Waals surface area contributed by atoms with Gasteiger partial charge in [-0.2, -0.15) is 0 Å². The number of anilines is 1. The Morgan fingerprint density at radius 3 is 2.95 bits per heavy atom. The van der Waals surface area contributed by atoms with Gasteiger partial charge in [0.1, 0.15) is 16.8 Å². The molecule has 0 spiro atoms. The standard InChI is InChI=1S/C13H13ClN4O2/c1-8-17-11(14)10(7-19)12(18-8)16-6-9-4-3-5-15-13(9)20-2/h3-5,7H,6H2,1-2H3,(H,16,17,18). The van der Waals surface area contributed by atoms with Gasteiger partial charge in [-0.3, -0.25) is 4.79 Å². The third kappa shape index (κ3) is 3.03. The molecule has 0 saturated heterocycles. The fraction of sp³-hybridized carbons (Fsp3) is 0.231. The summed E-state index contributed by atoms with van der Waals surface area (Å²) in [7, 11) is 1.55. The minimum atomic E-state index is 0.133. The lowest BCUT2D eigenvalue weighted by Gasteiger charge is -2.11. The molecule has 0 aliphatic carbocycles. The summed E-state index contributed by atoms with van der Waals surface area (Å²) < 4.78 is 5.16. The number of hydrogen-bond acceptors (Lipinski definition) is 6. The van der Waals surface area contributed by atoms with Crippen LogP contribution in [0.5, 0.6) is 5.88 Å². The summed E-state index contributed by atoms with van der Waals surface area (Å²) in [6, 6.07) is 3.67. The smallest absolute Gasteiger partial charge is 0.218 e. The van der Waals surface area contributed by atoms with Crippen LogP contribution in [0.4, 0.5) is 5.82 Å². The summed E-state index contributed by atoms with van der Waals surface area (Å²) in [6.07, 6.45) is 2.27. The van der Waals surface area contributed by atoms with E-state index in [4.69, 9.17) is 16.3 Å². The van der Waals surface area contributed by atoms with E-state index in [-0.39, 0.29) is 10.7 Å². The van der Waals surface area contributed by atoms with E-state index in [9.17, 15) is 4.79 Å². The summed E-state index contributed by atoms with van der Waals surface area (Å²) in [6.45, 7) is 2.11. The van der Waals surface area contributed by atoms with Gasteiger partial charge in [0.2, 0.25) is 5.88 Å². The number of rotatable bonds is 5. The maximum atomic E-state index is 11.1. The molecule has 0 saturated carbocycles. The van der Waals surface area contributed by atoms with Gasteiger partial charge in [0, 0.05) is 18.3 Å². The van der Waals surface area contributed by atoms with Crippen molar-refractivity contribution in [1.29, 1.82) is 0 Å². The van der Waals surface area contributed by atoms with Gasteiger partial charge in [-0.1, -0.05) is 17.7 Å². The lowest BCUT2D eigenvalue weighted by atomic mass is 10.2. The number of nitrogens with zero attached hydrogens (tertiary/aromatic N) is 3. The van der Waals surface area contributed by atoms with E-state index >= 15 is 0 Å². The fourth-order valence-electron chi connectivity index (χ4n) is 1.71. The van der Waals surface area contributed by atoms with Crippen molar-refractivity contribution in [3.63, 3.8) is 0 Å². The summed E-state index contributed by atoms with van der Waals surface area (Å²) in [5, 5.41) is 3.18. The van der Waals surface area contributed by atoms with Crippen LogP contribution in [0.3, 0.4) is 0 Å². The molecule has 6 nitrogen and oxygen atoms in total. The molecule has 1 N–H and O–H groups in total. The molecule has 20 heavy (non-hydrogen) atoms. The van der Waals surface area contributed by atoms with E-state index in [0.29, 0.717) is 30.4 Å². The minimum Gasteiger partial charge on any atom is -0.481 e. The van der Waals surface area contributed by atoms with E-state index in [1.807, 2.05) is 6.07 Å². The van der Waals surface area contributed by atoms with Crippen molar-refractivity contribution in [3.05, 3.63) is 40.4 Å². The molecule has 2 aromatic heterocycles. The monoisotopic (exact) mass is 292 g/mol. The fourth-order valence-corrected chi connectivity index (χ4v) is 1.96. The Balaban J connectivity index is 2.25. The number of carbonyl (C=O) groups excluding carboxylic acids is 1. The number of halogens is 1. The Hall–Kier alpha value is -2.21. The summed E-state index contributed by atoms with van der Waals surface area (Å²) in [5.41, 5.74) is 1.08. The van der Waals surface area contributed by atoms with Gasteiger partial charge in [-0.05, 0) is 13.0 Å². The number of aldehydes is 1. The van der Waals surface area contributed by atoms with Crippen molar-refractivity contribution in [3.8, 4) is 5.88 Å². The van der Waals surface area contributed by atoms with Crippen LogP contribution in [-0.2, 0) is 6.54 Å². The average Bonchev–Trinajstić information content (AvgIpc) is 2.45. The van der Waals surface area contributed by atoms with Gasteiger partial charge in [0.25, 0.3) is 0 Å². The van der Waals surface area contributed by atoms with Gasteiger partial charge in [-0.25, -0.2) is 15.0 Å². The predicted molar refractivity (Wildman–Crippen MR) is 75.3 cm³/mol. The molecule has 0 amide bonds. The van der Waals surface area contributed by atoms with Gasteiger partial charge in [0.05, 0.1) is 12.7 Å². The van der Waals surface area contributed by atoms with Crippen molar-refractivity contribution in [1.82, 2.24) is 15.0 Å². The lowest BCUT2D eigenvalue weighted by Crippen LogP contribution is -2.08. The molecule has 104 valence electrons. The van der Waals surface area contributed by atoms with Crippen LogP contribution in [0, 0.1) is 6.92 Å². The van der Waals surface area contributed by atoms with Crippen molar-refractivity contribution < 1.29 is 9.53 Å². The first-order chi connectivity index (χ1) is 9.65. The van der Waals surface area contributed by atoms with Crippen LogP contribution >= 0.6 is 11.6 Å². The molecule has 0 bridgehead atoms. The Labute approximate surface area is 121 Å². The number of aryl methyl sites for hydroxylation is 1. The molecule has 0 fully saturated rings. The van der Waals surface area contributed by atoms with E-state index in [0.717, 1.165) is 5.56 Å². The zero-order chi connectivity index (χ0) is 14.5. The number of carbonyl (C=O) groups is 1. The van der Waals surface area contributed by atoms with E-state index < -0.39 is 0 Å². The Morgan fingerprint density at radius 2 is 2.25 bits per heavy atom. The molecular formula is C13H13ClN4O2. The molecule has 0 aromatic carbocycles. The Morgan fingerprint density at radius 1 is 1.45 bits per heavy atom. The highest BCUT2D eigenvalue weighted by atomic mass is 35.5. The molecule has 0 aliphatic heterocycles. The highest BCUT2D eigenvalue weighted by Crippen LogP contribution is 2.21. The largest absolute Gasteiger partial charge is 0.481 e. The quantitative estimate of drug-likeness (QED) is 0.673. The summed E-state index contributed by atoms with van der Waals surface area (Å²) in [4.78, 5) is 23.3. The molecule has 0 atom stereocenters. The molecule has 2 rings (SSSR count). The van der Waals surface area contributed by atoms with E-state index in [1.54, 1.807) is 26.3 Å². The molecule has 2 heterocycles. The molecule has 0 unspecified atom stereocenters. The number of ether oxygens (including phenoxy) is 1. The topological polar surface area (TPSA) is 77.0 Å². The molecule has 0 aliphatic rings. The van der Waals surface area contributed by atoms with Crippen LogP contribution in [0.15, 0.2) is 18.3 Å². The molecule has 7 heteroatoms. The second-order valence-corrected chi connectivity index (χ2v) is 4.33. The highest BCUT2D eigenvalue weighted by Gasteiger charge is 2.11. The number of nitrogens with one attached hydrogen (secondary N) is 1. The third-order valence-electron chi connectivity index (χ3n) is 2.62. The van der Waals surface area contributed by atoms with Gasteiger partial charge in [0.15, 0.2) is 6.29 Å². The van der Waals surface area contributed by atoms with E-state index in [1.165, 1.54) is 0 Å². The number of aromatic nitrogens is 3. The van der Waals surface area contributed by atoms with Crippen molar-refractivity contribution in [2.75, 3.05) is 12.4 Å². The second kappa shape index (κ2) is 6.29. The number of pyridine rings is 1. The summed E-state index contributed by atoms with van der Waals surface area (Å²) in [5.74, 6) is 1.40. The zero-order valence-electron chi connectivity index (χ0n) is 11.1. The van der Waals surface area contributed by atoms with Crippen LogP contribution in [0.1, 0.15) is 21.7 Å². The first-order valence-corrected chi connectivity index (χ1v) is 6.24. The van der Waals surface area contributed by atoms with Crippen LogP contribution < -0.4 is 10.1 Å². The maximum Gasteiger partial charge on any atom is 0.218 e. The first-order valence-electron chi connectivity index (χ1n) is 5.86. The van der Waals surface area contributed by atoms with Gasteiger partial charge >= 0.3 is 0 Å². The normalized spacial score (nSPS) is 10.2. The summed E-state index contributed by atoms with van der Waals surface area (Å²) >= 11 is 5.92. The predicted octanol–water partition coefficient (Wildman–Crippen LogP) is 2.27. The Kier molecular flexibility index (Phi) is 4.47. The maximum absolute atomic E-state index is 11.1. The minimum absolute atomic E-state index is 0.133. The second-order valence-electron chi connectivity index (χ2n) is 3.97. The number of hydrogen-bond donors (Lipinski definition) is 1. The molecular weight excluding hydrogens is 280 g/mol. The first kappa shape index (κ1) is 14.2. The highest BCUT2D eigenvalue weighted by molar-refractivity contribution is 6.32. The van der Waals surface area contributed by atoms with Crippen molar-refractivity contribution in [2.24, 2.45) is 0 Å². The van der Waals surface area contributed by atoms with Crippen molar-refractivity contribution >= 4 is 23.7 Å². The van der Waals surface area contributed by atoms with Gasteiger partial charge in [-0.15, -0.1) is 0 Å². The van der Waals surface area contributed by atoms with Gasteiger partial charge < -0.3 is 10.1 Å². The van der Waals surface area contributed by atoms with Crippen LogP contribution in [0.2, 0.25) is 5.15 Å². The number of methoxy groups -OCH3 is 1. The van der Waals surface area contributed by atoms with E-state index in [2.05, 4.69) is 20.3 Å². The van der Waals surface area contributed by atoms with Crippen molar-refractivity contribution in [2.45, 2.75) is 13.5 Å². The zero-order valence-corrected chi connectivity index (χ0v) is 11.8. The SMILES string of the molecule is COc1ncccc1CNc1nc(C)nc(Cl)c1C=O. The van der Waals surface area contributed by atoms with Crippen LogP contribution in [0.25, 0.3) is 0 Å². The molecule has 0 radical (unpaired) electrons. The average molecular weight is 293 g/mol. The third-order valence-corrected chi connectivity index (χ3v) is 2.91. The molecule has 2 aromatic rings. The lowest BCUT2D eigenvalue weighted by molar-refractivity contribution is 0.112. The van der Waals surface area contributed by atoms with Crippen LogP contribution in [-0.4, -0.2) is 28.3 Å².